The van der Waals surface area contributed by atoms with E-state index in [9.17, 15) is 18.4 Å². The largest absolute Gasteiger partial charge is 0.457 e. The van der Waals surface area contributed by atoms with Gasteiger partial charge in [0, 0.05) is 17.3 Å². The quantitative estimate of drug-likeness (QED) is 0.571. The van der Waals surface area contributed by atoms with Gasteiger partial charge in [0.1, 0.15) is 11.5 Å². The molecule has 148 valence electrons. The highest BCUT2D eigenvalue weighted by atomic mass is 19.3. The van der Waals surface area contributed by atoms with E-state index in [2.05, 4.69) is 15.0 Å². The fraction of sp³-hybridized carbons (Fsp3) is 0.0952. The van der Waals surface area contributed by atoms with Gasteiger partial charge in [-0.3, -0.25) is 9.59 Å². The number of aromatic nitrogens is 1. The summed E-state index contributed by atoms with van der Waals surface area (Å²) in [5, 5.41) is 2.44. The summed E-state index contributed by atoms with van der Waals surface area (Å²) in [6.07, 6.45) is 1.35. The second-order valence-corrected chi connectivity index (χ2v) is 5.89. The molecule has 8 heteroatoms. The number of hydrogen-bond acceptors (Lipinski definition) is 5. The molecular weight excluding hydrogens is 382 g/mol. The first-order valence-corrected chi connectivity index (χ1v) is 8.52. The molecule has 0 saturated heterocycles. The molecular formula is C21H16F2N2O4. The molecule has 29 heavy (non-hydrogen) atoms. The summed E-state index contributed by atoms with van der Waals surface area (Å²) in [6.45, 7) is -1.55. The minimum Gasteiger partial charge on any atom is -0.457 e. The van der Waals surface area contributed by atoms with Crippen LogP contribution in [0.5, 0.6) is 17.2 Å². The molecule has 0 saturated carbocycles. The topological polar surface area (TPSA) is 77.5 Å². The molecule has 3 rings (SSSR count). The zero-order valence-corrected chi connectivity index (χ0v) is 15.3. The third-order valence-electron chi connectivity index (χ3n) is 3.83. The van der Waals surface area contributed by atoms with E-state index in [1.807, 2.05) is 0 Å². The van der Waals surface area contributed by atoms with Gasteiger partial charge in [-0.1, -0.05) is 0 Å². The second-order valence-electron chi connectivity index (χ2n) is 5.89. The normalized spacial score (nSPS) is 10.5. The van der Waals surface area contributed by atoms with Crippen LogP contribution in [0.25, 0.3) is 0 Å². The molecule has 1 heterocycles. The van der Waals surface area contributed by atoms with Gasteiger partial charge in [0.2, 0.25) is 0 Å². The Balaban J connectivity index is 1.67. The zero-order chi connectivity index (χ0) is 20.8. The third-order valence-corrected chi connectivity index (χ3v) is 3.83. The Kier molecular flexibility index (Phi) is 6.13. The average Bonchev–Trinajstić information content (AvgIpc) is 2.70. The number of nitrogens with zero attached hydrogens (tertiary/aromatic N) is 1. The Bertz CT molecular complexity index is 1010. The number of hydrogen-bond donors (Lipinski definition) is 1. The predicted molar refractivity (Wildman–Crippen MR) is 102 cm³/mol. The van der Waals surface area contributed by atoms with Crippen molar-refractivity contribution in [1.29, 1.82) is 0 Å². The molecule has 2 aromatic carbocycles. The maximum Gasteiger partial charge on any atom is 0.387 e. The van der Waals surface area contributed by atoms with Gasteiger partial charge in [0.15, 0.2) is 17.4 Å². The Labute approximate surface area is 165 Å². The molecule has 1 amide bonds. The molecule has 3 aromatic rings. The SMILES string of the molecule is CC(=O)c1ccc(Oc2ccc(C(=O)Nc3ncccc3OC(F)F)cc2)cc1. The first-order valence-electron chi connectivity index (χ1n) is 8.52. The van der Waals surface area contributed by atoms with Crippen molar-refractivity contribution >= 4 is 17.5 Å². The van der Waals surface area contributed by atoms with E-state index in [1.54, 1.807) is 36.4 Å². The first-order chi connectivity index (χ1) is 13.9. The van der Waals surface area contributed by atoms with Crippen molar-refractivity contribution in [1.82, 2.24) is 4.98 Å². The Morgan fingerprint density at radius 1 is 0.931 bits per heavy atom. The van der Waals surface area contributed by atoms with Gasteiger partial charge < -0.3 is 14.8 Å². The van der Waals surface area contributed by atoms with Gasteiger partial charge >= 0.3 is 6.61 Å². The summed E-state index contributed by atoms with van der Waals surface area (Å²) in [4.78, 5) is 27.5. The number of amides is 1. The van der Waals surface area contributed by atoms with Crippen molar-refractivity contribution in [3.05, 3.63) is 78.0 Å². The lowest BCUT2D eigenvalue weighted by atomic mass is 10.1. The summed E-state index contributed by atoms with van der Waals surface area (Å²) in [6, 6.07) is 15.6. The molecule has 0 aliphatic rings. The number of rotatable bonds is 7. The highest BCUT2D eigenvalue weighted by molar-refractivity contribution is 6.04. The van der Waals surface area contributed by atoms with Gasteiger partial charge in [0.25, 0.3) is 5.91 Å². The van der Waals surface area contributed by atoms with E-state index in [0.717, 1.165) is 0 Å². The maximum atomic E-state index is 12.5. The van der Waals surface area contributed by atoms with Crippen molar-refractivity contribution < 1.29 is 27.8 Å². The molecule has 6 nitrogen and oxygen atoms in total. The number of ether oxygens (including phenoxy) is 2. The molecule has 0 aliphatic heterocycles. The summed E-state index contributed by atoms with van der Waals surface area (Å²) < 4.78 is 34.9. The number of nitrogens with one attached hydrogen (secondary N) is 1. The summed E-state index contributed by atoms with van der Waals surface area (Å²) in [7, 11) is 0. The smallest absolute Gasteiger partial charge is 0.387 e. The fourth-order valence-corrected chi connectivity index (χ4v) is 2.42. The minimum atomic E-state index is -3.03. The van der Waals surface area contributed by atoms with Crippen LogP contribution in [0.3, 0.4) is 0 Å². The number of anilines is 1. The molecule has 0 aliphatic carbocycles. The van der Waals surface area contributed by atoms with E-state index in [4.69, 9.17) is 4.74 Å². The van der Waals surface area contributed by atoms with Crippen molar-refractivity contribution in [3.8, 4) is 17.2 Å². The standard InChI is InChI=1S/C21H16F2N2O4/c1-13(26)14-4-8-16(9-5-14)28-17-10-6-15(7-11-17)20(27)25-19-18(29-21(22)23)3-2-12-24-19/h2-12,21H,1H3,(H,24,25,27). The van der Waals surface area contributed by atoms with E-state index >= 15 is 0 Å². The number of halogens is 2. The van der Waals surface area contributed by atoms with Gasteiger partial charge in [-0.2, -0.15) is 8.78 Å². The van der Waals surface area contributed by atoms with Crippen LogP contribution in [-0.2, 0) is 0 Å². The number of alkyl halides is 2. The summed E-state index contributed by atoms with van der Waals surface area (Å²) in [5.41, 5.74) is 0.854. The zero-order valence-electron chi connectivity index (χ0n) is 15.3. The van der Waals surface area contributed by atoms with Crippen LogP contribution in [0.2, 0.25) is 0 Å². The Morgan fingerprint density at radius 2 is 1.52 bits per heavy atom. The minimum absolute atomic E-state index is 0.0399. The second kappa shape index (κ2) is 8.92. The number of pyridine rings is 1. The number of ketones is 1. The van der Waals surface area contributed by atoms with E-state index in [1.165, 1.54) is 37.4 Å². The van der Waals surface area contributed by atoms with Gasteiger partial charge in [0.05, 0.1) is 0 Å². The van der Waals surface area contributed by atoms with E-state index in [-0.39, 0.29) is 22.9 Å². The van der Waals surface area contributed by atoms with Crippen LogP contribution in [-0.4, -0.2) is 23.3 Å². The Hall–Kier alpha value is -3.81. The van der Waals surface area contributed by atoms with Gasteiger partial charge in [-0.25, -0.2) is 4.98 Å². The molecule has 0 spiro atoms. The lowest BCUT2D eigenvalue weighted by Gasteiger charge is -2.11. The number of benzene rings is 2. The van der Waals surface area contributed by atoms with Crippen molar-refractivity contribution in [3.63, 3.8) is 0 Å². The monoisotopic (exact) mass is 398 g/mol. The average molecular weight is 398 g/mol. The number of carbonyl (C=O) groups excluding carboxylic acids is 2. The molecule has 0 bridgehead atoms. The van der Waals surface area contributed by atoms with E-state index in [0.29, 0.717) is 17.1 Å². The highest BCUT2D eigenvalue weighted by Crippen LogP contribution is 2.25. The molecule has 0 radical (unpaired) electrons. The van der Waals surface area contributed by atoms with Crippen LogP contribution in [0.1, 0.15) is 27.6 Å². The fourth-order valence-electron chi connectivity index (χ4n) is 2.42. The predicted octanol–water partition coefficient (Wildman–Crippen LogP) is 4.93. The van der Waals surface area contributed by atoms with Crippen molar-refractivity contribution in [2.45, 2.75) is 13.5 Å². The van der Waals surface area contributed by atoms with E-state index < -0.39 is 12.5 Å². The molecule has 1 aromatic heterocycles. The van der Waals surface area contributed by atoms with Crippen LogP contribution in [0.15, 0.2) is 66.9 Å². The first kappa shape index (κ1) is 19.9. The molecule has 1 N–H and O–H groups in total. The summed E-state index contributed by atoms with van der Waals surface area (Å²) >= 11 is 0. The van der Waals surface area contributed by atoms with Crippen molar-refractivity contribution in [2.75, 3.05) is 5.32 Å². The molecule has 0 atom stereocenters. The van der Waals surface area contributed by atoms with Gasteiger partial charge in [-0.15, -0.1) is 0 Å². The summed E-state index contributed by atoms with van der Waals surface area (Å²) in [5.74, 6) is 0.0989. The number of carbonyl (C=O) groups is 2. The van der Waals surface area contributed by atoms with Crippen molar-refractivity contribution in [2.24, 2.45) is 0 Å². The van der Waals surface area contributed by atoms with Crippen LogP contribution in [0, 0.1) is 0 Å². The Morgan fingerprint density at radius 3 is 2.07 bits per heavy atom. The third kappa shape index (κ3) is 5.35. The van der Waals surface area contributed by atoms with Crippen LogP contribution < -0.4 is 14.8 Å². The number of Topliss-reactive ketones (excluding diaryl/α,β-unsaturated/α-hetero) is 1. The lowest BCUT2D eigenvalue weighted by Crippen LogP contribution is -2.15. The highest BCUT2D eigenvalue weighted by Gasteiger charge is 2.14. The maximum absolute atomic E-state index is 12.5. The van der Waals surface area contributed by atoms with Crippen LogP contribution >= 0.6 is 0 Å². The van der Waals surface area contributed by atoms with Crippen LogP contribution in [0.4, 0.5) is 14.6 Å². The molecule has 0 unspecified atom stereocenters. The molecule has 0 fully saturated rings. The van der Waals surface area contributed by atoms with Gasteiger partial charge in [-0.05, 0) is 67.6 Å². The lowest BCUT2D eigenvalue weighted by molar-refractivity contribution is -0.0495.